The summed E-state index contributed by atoms with van der Waals surface area (Å²) in [6.45, 7) is 5.51. The standard InChI is InChI=1S/C22H28N2O2.C2H2O4/c1-17-6-8-18(9-7-17)15-23-22(25)20-10-12-24(13-11-20)16-19-4-3-5-21(14-19)26-2;3-1(4)2(5)6/h3-9,14,20H,10-13,15-16H2,1-2H3,(H,23,25);(H,3,4)(H,5,6). The van der Waals surface area contributed by atoms with Gasteiger partial charge in [0, 0.05) is 19.0 Å². The Morgan fingerprint density at radius 1 is 1.00 bits per heavy atom. The molecule has 1 fully saturated rings. The number of nitrogens with one attached hydrogen (secondary N) is 1. The molecular weight excluding hydrogens is 412 g/mol. The van der Waals surface area contributed by atoms with Crippen LogP contribution in [0.4, 0.5) is 0 Å². The zero-order chi connectivity index (χ0) is 23.5. The second-order valence-electron chi connectivity index (χ2n) is 7.72. The summed E-state index contributed by atoms with van der Waals surface area (Å²) in [5.41, 5.74) is 3.65. The molecule has 0 bridgehead atoms. The van der Waals surface area contributed by atoms with Crippen molar-refractivity contribution in [2.24, 2.45) is 5.92 Å². The molecule has 8 nitrogen and oxygen atoms in total. The van der Waals surface area contributed by atoms with Crippen LogP contribution in [0.2, 0.25) is 0 Å². The monoisotopic (exact) mass is 442 g/mol. The lowest BCUT2D eigenvalue weighted by atomic mass is 9.95. The molecule has 32 heavy (non-hydrogen) atoms. The van der Waals surface area contributed by atoms with E-state index in [0.717, 1.165) is 43.8 Å². The first kappa shape index (κ1) is 24.9. The lowest BCUT2D eigenvalue weighted by Gasteiger charge is -2.31. The first-order valence-electron chi connectivity index (χ1n) is 10.4. The highest BCUT2D eigenvalue weighted by Crippen LogP contribution is 2.21. The van der Waals surface area contributed by atoms with E-state index in [0.29, 0.717) is 6.54 Å². The van der Waals surface area contributed by atoms with E-state index in [4.69, 9.17) is 24.5 Å². The molecule has 1 heterocycles. The second kappa shape index (κ2) is 12.5. The van der Waals surface area contributed by atoms with E-state index < -0.39 is 11.9 Å². The minimum atomic E-state index is -1.82. The number of carbonyl (C=O) groups excluding carboxylic acids is 1. The van der Waals surface area contributed by atoms with Gasteiger partial charge in [-0.05, 0) is 56.1 Å². The molecule has 3 N–H and O–H groups in total. The maximum Gasteiger partial charge on any atom is 0.414 e. The topological polar surface area (TPSA) is 116 Å². The van der Waals surface area contributed by atoms with E-state index in [1.54, 1.807) is 7.11 Å². The van der Waals surface area contributed by atoms with Crippen molar-refractivity contribution in [3.63, 3.8) is 0 Å². The van der Waals surface area contributed by atoms with Gasteiger partial charge in [0.05, 0.1) is 7.11 Å². The Balaban J connectivity index is 0.000000534. The van der Waals surface area contributed by atoms with Gasteiger partial charge in [0.2, 0.25) is 5.91 Å². The quantitative estimate of drug-likeness (QED) is 0.589. The van der Waals surface area contributed by atoms with Gasteiger partial charge in [0.1, 0.15) is 5.75 Å². The van der Waals surface area contributed by atoms with Crippen molar-refractivity contribution in [1.82, 2.24) is 10.2 Å². The molecule has 8 heteroatoms. The fraction of sp³-hybridized carbons (Fsp3) is 0.375. The molecular formula is C24H30N2O6. The lowest BCUT2D eigenvalue weighted by Crippen LogP contribution is -2.40. The maximum atomic E-state index is 12.4. The Hall–Kier alpha value is -3.39. The number of benzene rings is 2. The summed E-state index contributed by atoms with van der Waals surface area (Å²) in [5, 5.41) is 17.9. The predicted octanol–water partition coefficient (Wildman–Crippen LogP) is 2.69. The number of rotatable bonds is 6. The summed E-state index contributed by atoms with van der Waals surface area (Å²) < 4.78 is 5.29. The average Bonchev–Trinajstić information content (AvgIpc) is 2.79. The van der Waals surface area contributed by atoms with Crippen LogP contribution in [-0.2, 0) is 27.5 Å². The Bertz CT molecular complexity index is 893. The number of likely N-dealkylation sites (tertiary alicyclic amines) is 1. The average molecular weight is 443 g/mol. The molecule has 0 radical (unpaired) electrons. The normalized spacial score (nSPS) is 14.1. The summed E-state index contributed by atoms with van der Waals surface area (Å²) in [6, 6.07) is 16.5. The number of nitrogens with zero attached hydrogens (tertiary/aromatic N) is 1. The Labute approximate surface area is 187 Å². The van der Waals surface area contributed by atoms with Crippen molar-refractivity contribution in [3.8, 4) is 5.75 Å². The van der Waals surface area contributed by atoms with Gasteiger partial charge < -0.3 is 20.3 Å². The van der Waals surface area contributed by atoms with Crippen LogP contribution in [-0.4, -0.2) is 53.2 Å². The number of aryl methyl sites for hydroxylation is 1. The van der Waals surface area contributed by atoms with Crippen LogP contribution in [0.1, 0.15) is 29.5 Å². The molecule has 1 amide bonds. The molecule has 3 rings (SSSR count). The molecule has 0 spiro atoms. The fourth-order valence-corrected chi connectivity index (χ4v) is 3.42. The highest BCUT2D eigenvalue weighted by atomic mass is 16.5. The molecule has 1 aliphatic rings. The van der Waals surface area contributed by atoms with Gasteiger partial charge in [-0.1, -0.05) is 42.0 Å². The Morgan fingerprint density at radius 3 is 2.19 bits per heavy atom. The van der Waals surface area contributed by atoms with E-state index in [1.165, 1.54) is 11.1 Å². The molecule has 0 aliphatic carbocycles. The Morgan fingerprint density at radius 2 is 1.62 bits per heavy atom. The second-order valence-corrected chi connectivity index (χ2v) is 7.72. The maximum absolute atomic E-state index is 12.4. The largest absolute Gasteiger partial charge is 0.497 e. The molecule has 172 valence electrons. The van der Waals surface area contributed by atoms with Crippen LogP contribution in [0.3, 0.4) is 0 Å². The van der Waals surface area contributed by atoms with Gasteiger partial charge in [-0.25, -0.2) is 9.59 Å². The van der Waals surface area contributed by atoms with E-state index in [-0.39, 0.29) is 11.8 Å². The van der Waals surface area contributed by atoms with E-state index in [1.807, 2.05) is 12.1 Å². The van der Waals surface area contributed by atoms with Crippen LogP contribution in [0.15, 0.2) is 48.5 Å². The number of piperidine rings is 1. The predicted molar refractivity (Wildman–Crippen MR) is 119 cm³/mol. The number of amides is 1. The van der Waals surface area contributed by atoms with Gasteiger partial charge in [0.25, 0.3) is 0 Å². The highest BCUT2D eigenvalue weighted by Gasteiger charge is 2.24. The van der Waals surface area contributed by atoms with Gasteiger partial charge >= 0.3 is 11.9 Å². The van der Waals surface area contributed by atoms with Gasteiger partial charge in [-0.2, -0.15) is 0 Å². The molecule has 1 aliphatic heterocycles. The van der Waals surface area contributed by atoms with Crippen LogP contribution in [0, 0.1) is 12.8 Å². The number of carbonyl (C=O) groups is 3. The van der Waals surface area contributed by atoms with Crippen molar-refractivity contribution in [1.29, 1.82) is 0 Å². The number of aliphatic carboxylic acids is 2. The fourth-order valence-electron chi connectivity index (χ4n) is 3.42. The molecule has 1 saturated heterocycles. The van der Waals surface area contributed by atoms with E-state index in [9.17, 15) is 4.79 Å². The number of hydrogen-bond donors (Lipinski definition) is 3. The number of methoxy groups -OCH3 is 1. The van der Waals surface area contributed by atoms with Crippen molar-refractivity contribution in [2.45, 2.75) is 32.9 Å². The zero-order valence-corrected chi connectivity index (χ0v) is 18.4. The van der Waals surface area contributed by atoms with Crippen molar-refractivity contribution in [2.75, 3.05) is 20.2 Å². The van der Waals surface area contributed by atoms with Crippen molar-refractivity contribution < 1.29 is 29.3 Å². The van der Waals surface area contributed by atoms with E-state index in [2.05, 4.69) is 53.5 Å². The molecule has 0 saturated carbocycles. The number of carboxylic acids is 2. The third-order valence-electron chi connectivity index (χ3n) is 5.27. The van der Waals surface area contributed by atoms with Gasteiger partial charge in [0.15, 0.2) is 0 Å². The number of carboxylic acid groups (broad SMARTS) is 2. The highest BCUT2D eigenvalue weighted by molar-refractivity contribution is 6.27. The Kier molecular flexibility index (Phi) is 9.69. The van der Waals surface area contributed by atoms with Crippen LogP contribution < -0.4 is 10.1 Å². The third kappa shape index (κ3) is 8.39. The van der Waals surface area contributed by atoms with Crippen molar-refractivity contribution in [3.05, 3.63) is 65.2 Å². The molecule has 2 aromatic rings. The summed E-state index contributed by atoms with van der Waals surface area (Å²) in [6.07, 6.45) is 1.84. The summed E-state index contributed by atoms with van der Waals surface area (Å²) >= 11 is 0. The van der Waals surface area contributed by atoms with Gasteiger partial charge in [-0.3, -0.25) is 9.69 Å². The summed E-state index contributed by atoms with van der Waals surface area (Å²) in [5.74, 6) is -2.44. The third-order valence-corrected chi connectivity index (χ3v) is 5.27. The SMILES string of the molecule is COc1cccc(CN2CCC(C(=O)NCc3ccc(C)cc3)CC2)c1.O=C(O)C(=O)O. The molecule has 2 aromatic carbocycles. The molecule has 0 atom stereocenters. The summed E-state index contributed by atoms with van der Waals surface area (Å²) in [4.78, 5) is 33.1. The molecule has 0 unspecified atom stereocenters. The van der Waals surface area contributed by atoms with Crippen LogP contribution in [0.5, 0.6) is 5.75 Å². The van der Waals surface area contributed by atoms with Gasteiger partial charge in [-0.15, -0.1) is 0 Å². The first-order valence-corrected chi connectivity index (χ1v) is 10.4. The smallest absolute Gasteiger partial charge is 0.414 e. The summed E-state index contributed by atoms with van der Waals surface area (Å²) in [7, 11) is 1.69. The minimum Gasteiger partial charge on any atom is -0.497 e. The van der Waals surface area contributed by atoms with Crippen molar-refractivity contribution >= 4 is 17.8 Å². The molecule has 0 aromatic heterocycles. The zero-order valence-electron chi connectivity index (χ0n) is 18.4. The first-order chi connectivity index (χ1) is 15.3. The lowest BCUT2D eigenvalue weighted by molar-refractivity contribution is -0.159. The van der Waals surface area contributed by atoms with E-state index >= 15 is 0 Å². The van der Waals surface area contributed by atoms with Crippen LogP contribution in [0.25, 0.3) is 0 Å². The van der Waals surface area contributed by atoms with Crippen LogP contribution >= 0.6 is 0 Å². The number of ether oxygens (including phenoxy) is 1. The number of hydrogen-bond acceptors (Lipinski definition) is 5. The minimum absolute atomic E-state index is 0.127.